The van der Waals surface area contributed by atoms with Crippen molar-refractivity contribution in [2.75, 3.05) is 25.5 Å². The molecular formula is C12H18N4O2. The first-order chi connectivity index (χ1) is 8.75. The molecule has 0 bridgehead atoms. The third-order valence-electron chi connectivity index (χ3n) is 2.71. The summed E-state index contributed by atoms with van der Waals surface area (Å²) in [5.41, 5.74) is 5.67. The van der Waals surface area contributed by atoms with Crippen LogP contribution in [0.2, 0.25) is 0 Å². The van der Waals surface area contributed by atoms with Crippen molar-refractivity contribution < 1.29 is 9.53 Å². The lowest BCUT2D eigenvalue weighted by Gasteiger charge is -2.05. The zero-order valence-corrected chi connectivity index (χ0v) is 10.3. The van der Waals surface area contributed by atoms with E-state index in [1.165, 1.54) is 25.2 Å². The van der Waals surface area contributed by atoms with Crippen molar-refractivity contribution in [2.45, 2.75) is 19.3 Å². The van der Waals surface area contributed by atoms with Crippen LogP contribution in [0.3, 0.4) is 0 Å². The fraction of sp³-hybridized carbons (Fsp3) is 0.583. The number of anilines is 1. The molecule has 0 saturated heterocycles. The highest BCUT2D eigenvalue weighted by atomic mass is 16.5. The maximum absolute atomic E-state index is 11.6. The normalized spacial score (nSPS) is 14.4. The standard InChI is InChI=1S/C12H18N4O2/c13-11-7-15-10(6-16-11)12(17)14-4-1-5-18-8-9-2-3-9/h6-7,9H,1-5,8H2,(H2,13,16)(H,14,17). The Kier molecular flexibility index (Phi) is 4.46. The molecule has 6 nitrogen and oxygen atoms in total. The van der Waals surface area contributed by atoms with Crippen molar-refractivity contribution in [3.05, 3.63) is 18.1 Å². The summed E-state index contributed by atoms with van der Waals surface area (Å²) in [6, 6.07) is 0. The van der Waals surface area contributed by atoms with Gasteiger partial charge in [-0.05, 0) is 25.2 Å². The average Bonchev–Trinajstić information content (AvgIpc) is 3.18. The number of nitrogens with two attached hydrogens (primary N) is 1. The number of rotatable bonds is 7. The van der Waals surface area contributed by atoms with Crippen LogP contribution in [-0.4, -0.2) is 35.6 Å². The van der Waals surface area contributed by atoms with Gasteiger partial charge in [0.05, 0.1) is 12.4 Å². The average molecular weight is 250 g/mol. The van der Waals surface area contributed by atoms with Gasteiger partial charge in [0, 0.05) is 19.8 Å². The number of hydrogen-bond acceptors (Lipinski definition) is 5. The molecule has 1 heterocycles. The van der Waals surface area contributed by atoms with Crippen LogP contribution in [0.1, 0.15) is 29.8 Å². The summed E-state index contributed by atoms with van der Waals surface area (Å²) in [6.07, 6.45) is 6.14. The first-order valence-corrected chi connectivity index (χ1v) is 6.19. The molecule has 2 rings (SSSR count). The lowest BCUT2D eigenvalue weighted by Crippen LogP contribution is -2.26. The van der Waals surface area contributed by atoms with E-state index in [-0.39, 0.29) is 11.6 Å². The monoisotopic (exact) mass is 250 g/mol. The fourth-order valence-electron chi connectivity index (χ4n) is 1.46. The molecule has 0 radical (unpaired) electrons. The van der Waals surface area contributed by atoms with Crippen molar-refractivity contribution in [2.24, 2.45) is 5.92 Å². The maximum Gasteiger partial charge on any atom is 0.271 e. The molecule has 1 saturated carbocycles. The molecule has 1 amide bonds. The molecule has 1 aliphatic rings. The van der Waals surface area contributed by atoms with Crippen molar-refractivity contribution in [1.29, 1.82) is 0 Å². The van der Waals surface area contributed by atoms with Gasteiger partial charge in [-0.15, -0.1) is 0 Å². The van der Waals surface area contributed by atoms with E-state index < -0.39 is 0 Å². The highest BCUT2D eigenvalue weighted by Gasteiger charge is 2.20. The van der Waals surface area contributed by atoms with Crippen LogP contribution in [0, 0.1) is 5.92 Å². The van der Waals surface area contributed by atoms with E-state index in [1.54, 1.807) is 0 Å². The molecule has 0 atom stereocenters. The summed E-state index contributed by atoms with van der Waals surface area (Å²) >= 11 is 0. The fourth-order valence-corrected chi connectivity index (χ4v) is 1.46. The smallest absolute Gasteiger partial charge is 0.271 e. The van der Waals surface area contributed by atoms with Gasteiger partial charge < -0.3 is 15.8 Å². The lowest BCUT2D eigenvalue weighted by molar-refractivity contribution is 0.0932. The summed E-state index contributed by atoms with van der Waals surface area (Å²) in [5.74, 6) is 0.856. The number of nitrogens with zero attached hydrogens (tertiary/aromatic N) is 2. The van der Waals surface area contributed by atoms with Gasteiger partial charge in [0.1, 0.15) is 11.5 Å². The van der Waals surface area contributed by atoms with E-state index in [0.717, 1.165) is 18.9 Å². The summed E-state index contributed by atoms with van der Waals surface area (Å²) in [6.45, 7) is 2.12. The molecule has 1 aromatic heterocycles. The Morgan fingerprint density at radius 3 is 2.94 bits per heavy atom. The van der Waals surface area contributed by atoms with Crippen molar-refractivity contribution in [3.8, 4) is 0 Å². The highest BCUT2D eigenvalue weighted by molar-refractivity contribution is 5.91. The number of carbonyl (C=O) groups is 1. The van der Waals surface area contributed by atoms with Crippen LogP contribution in [0.5, 0.6) is 0 Å². The minimum Gasteiger partial charge on any atom is -0.382 e. The number of ether oxygens (including phenoxy) is 1. The molecule has 0 aliphatic heterocycles. The Labute approximate surface area is 106 Å². The van der Waals surface area contributed by atoms with Crippen LogP contribution in [0.25, 0.3) is 0 Å². The Balaban J connectivity index is 1.57. The number of nitrogen functional groups attached to an aromatic ring is 1. The van der Waals surface area contributed by atoms with Crippen LogP contribution in [0.15, 0.2) is 12.4 Å². The van der Waals surface area contributed by atoms with E-state index in [1.807, 2.05) is 0 Å². The summed E-state index contributed by atoms with van der Waals surface area (Å²) in [7, 11) is 0. The third-order valence-corrected chi connectivity index (χ3v) is 2.71. The number of amides is 1. The van der Waals surface area contributed by atoms with Crippen molar-refractivity contribution in [1.82, 2.24) is 15.3 Å². The predicted molar refractivity (Wildman–Crippen MR) is 66.9 cm³/mol. The molecule has 98 valence electrons. The largest absolute Gasteiger partial charge is 0.382 e. The molecular weight excluding hydrogens is 232 g/mol. The first kappa shape index (κ1) is 12.8. The molecule has 18 heavy (non-hydrogen) atoms. The van der Waals surface area contributed by atoms with Gasteiger partial charge in [0.2, 0.25) is 0 Å². The second-order valence-corrected chi connectivity index (χ2v) is 4.45. The molecule has 0 unspecified atom stereocenters. The highest BCUT2D eigenvalue weighted by Crippen LogP contribution is 2.28. The Morgan fingerprint density at radius 1 is 1.44 bits per heavy atom. The van der Waals surface area contributed by atoms with Crippen LogP contribution in [0.4, 0.5) is 5.82 Å². The zero-order chi connectivity index (χ0) is 12.8. The second-order valence-electron chi connectivity index (χ2n) is 4.45. The Morgan fingerprint density at radius 2 is 2.28 bits per heavy atom. The minimum atomic E-state index is -0.232. The number of carbonyl (C=O) groups excluding carboxylic acids is 1. The Bertz CT molecular complexity index is 390. The van der Waals surface area contributed by atoms with Gasteiger partial charge in [-0.2, -0.15) is 0 Å². The predicted octanol–water partition coefficient (Wildman–Crippen LogP) is 0.605. The molecule has 0 aromatic carbocycles. The first-order valence-electron chi connectivity index (χ1n) is 6.19. The second kappa shape index (κ2) is 6.30. The van der Waals surface area contributed by atoms with E-state index in [0.29, 0.717) is 19.0 Å². The van der Waals surface area contributed by atoms with Gasteiger partial charge >= 0.3 is 0 Å². The summed E-state index contributed by atoms with van der Waals surface area (Å²) in [4.78, 5) is 19.3. The molecule has 6 heteroatoms. The van der Waals surface area contributed by atoms with Gasteiger partial charge in [-0.25, -0.2) is 9.97 Å². The quantitative estimate of drug-likeness (QED) is 0.692. The molecule has 1 aliphatic carbocycles. The minimum absolute atomic E-state index is 0.232. The molecule has 0 spiro atoms. The van der Waals surface area contributed by atoms with E-state index >= 15 is 0 Å². The SMILES string of the molecule is Nc1cnc(C(=O)NCCCOCC2CC2)cn1. The van der Waals surface area contributed by atoms with E-state index in [4.69, 9.17) is 10.5 Å². The molecule has 3 N–H and O–H groups in total. The lowest BCUT2D eigenvalue weighted by atomic mass is 10.4. The van der Waals surface area contributed by atoms with E-state index in [9.17, 15) is 4.79 Å². The van der Waals surface area contributed by atoms with Gasteiger partial charge in [-0.3, -0.25) is 4.79 Å². The van der Waals surface area contributed by atoms with Gasteiger partial charge in [0.25, 0.3) is 5.91 Å². The number of aromatic nitrogens is 2. The van der Waals surface area contributed by atoms with Gasteiger partial charge in [-0.1, -0.05) is 0 Å². The zero-order valence-electron chi connectivity index (χ0n) is 10.3. The van der Waals surface area contributed by atoms with Crippen molar-refractivity contribution >= 4 is 11.7 Å². The molecule has 1 aromatic rings. The van der Waals surface area contributed by atoms with Crippen LogP contribution < -0.4 is 11.1 Å². The summed E-state index contributed by atoms with van der Waals surface area (Å²) in [5, 5.41) is 2.76. The van der Waals surface area contributed by atoms with Crippen molar-refractivity contribution in [3.63, 3.8) is 0 Å². The number of hydrogen-bond donors (Lipinski definition) is 2. The van der Waals surface area contributed by atoms with E-state index in [2.05, 4.69) is 15.3 Å². The van der Waals surface area contributed by atoms with Gasteiger partial charge in [0.15, 0.2) is 0 Å². The van der Waals surface area contributed by atoms with Crippen LogP contribution in [-0.2, 0) is 4.74 Å². The molecule has 1 fully saturated rings. The maximum atomic E-state index is 11.6. The number of nitrogens with one attached hydrogen (secondary N) is 1. The Hall–Kier alpha value is -1.69. The third kappa shape index (κ3) is 4.29. The van der Waals surface area contributed by atoms with Crippen LogP contribution >= 0.6 is 0 Å². The topological polar surface area (TPSA) is 90.1 Å². The summed E-state index contributed by atoms with van der Waals surface area (Å²) < 4.78 is 5.47.